The van der Waals surface area contributed by atoms with E-state index < -0.39 is 11.8 Å². The molecule has 2 aromatic carbocycles. The maximum absolute atomic E-state index is 13.6. The van der Waals surface area contributed by atoms with Gasteiger partial charge in [0.1, 0.15) is 18.2 Å². The Morgan fingerprint density at radius 1 is 1.23 bits per heavy atom. The van der Waals surface area contributed by atoms with Crippen LogP contribution < -0.4 is 10.1 Å². The van der Waals surface area contributed by atoms with E-state index in [0.717, 1.165) is 12.1 Å². The number of halogens is 1. The molecule has 1 atom stereocenters. The van der Waals surface area contributed by atoms with Crippen LogP contribution in [0.1, 0.15) is 30.1 Å². The van der Waals surface area contributed by atoms with Crippen LogP contribution in [0.15, 0.2) is 59.4 Å². The van der Waals surface area contributed by atoms with Gasteiger partial charge in [0.05, 0.1) is 22.9 Å². The summed E-state index contributed by atoms with van der Waals surface area (Å²) in [5, 5.41) is 4.53. The van der Waals surface area contributed by atoms with Crippen molar-refractivity contribution in [2.45, 2.75) is 25.5 Å². The molecule has 0 spiro atoms. The molecule has 0 radical (unpaired) electrons. The van der Waals surface area contributed by atoms with E-state index in [-0.39, 0.29) is 18.5 Å². The molecular weight excluding hydrogens is 405 g/mol. The standard InChI is InChI=1S/C22H20FN3O3S/c23-16-6-3-5-15(11-16)19-8-4-10-26(19)22(28)21(27)25-18-7-1-2-9-20(18)29-12-17-13-30-14-24-17/h1-3,5-7,9,11,13-14,19H,4,8,10,12H2,(H,25,27). The maximum atomic E-state index is 13.6. The van der Waals surface area contributed by atoms with E-state index in [1.165, 1.54) is 28.4 Å². The van der Waals surface area contributed by atoms with Gasteiger partial charge in [-0.1, -0.05) is 24.3 Å². The van der Waals surface area contributed by atoms with Crippen LogP contribution in [0.2, 0.25) is 0 Å². The van der Waals surface area contributed by atoms with Crippen LogP contribution in [0.4, 0.5) is 10.1 Å². The first-order valence-corrected chi connectivity index (χ1v) is 10.5. The van der Waals surface area contributed by atoms with Crippen LogP contribution in [0.3, 0.4) is 0 Å². The number of nitrogens with one attached hydrogen (secondary N) is 1. The first kappa shape index (κ1) is 20.0. The molecule has 1 N–H and O–H groups in total. The summed E-state index contributed by atoms with van der Waals surface area (Å²) in [6.45, 7) is 0.716. The van der Waals surface area contributed by atoms with Gasteiger partial charge >= 0.3 is 11.8 Å². The SMILES string of the molecule is O=C(Nc1ccccc1OCc1cscn1)C(=O)N1CCCC1c1cccc(F)c1. The Labute approximate surface area is 177 Å². The number of nitrogens with zero attached hydrogens (tertiary/aromatic N) is 2. The number of thiazole rings is 1. The second-order valence-electron chi connectivity index (χ2n) is 6.93. The van der Waals surface area contributed by atoms with E-state index in [4.69, 9.17) is 4.74 Å². The van der Waals surface area contributed by atoms with Crippen LogP contribution in [-0.2, 0) is 16.2 Å². The largest absolute Gasteiger partial charge is 0.485 e. The van der Waals surface area contributed by atoms with Crippen molar-refractivity contribution in [1.82, 2.24) is 9.88 Å². The molecule has 2 amide bonds. The third-order valence-corrected chi connectivity index (χ3v) is 5.57. The van der Waals surface area contributed by atoms with Crippen molar-refractivity contribution in [3.63, 3.8) is 0 Å². The number of para-hydroxylation sites is 2. The minimum Gasteiger partial charge on any atom is -0.485 e. The fraction of sp³-hybridized carbons (Fsp3) is 0.227. The van der Waals surface area contributed by atoms with Crippen LogP contribution >= 0.6 is 11.3 Å². The third-order valence-electron chi connectivity index (χ3n) is 4.94. The highest BCUT2D eigenvalue weighted by molar-refractivity contribution is 7.07. The van der Waals surface area contributed by atoms with E-state index in [9.17, 15) is 14.0 Å². The average molecular weight is 425 g/mol. The molecule has 4 rings (SSSR count). The quantitative estimate of drug-likeness (QED) is 0.623. The Balaban J connectivity index is 1.45. The van der Waals surface area contributed by atoms with E-state index in [2.05, 4.69) is 10.3 Å². The Morgan fingerprint density at radius 2 is 2.10 bits per heavy atom. The minimum atomic E-state index is -0.747. The summed E-state index contributed by atoms with van der Waals surface area (Å²) in [6.07, 6.45) is 1.45. The van der Waals surface area contributed by atoms with Gasteiger partial charge in [0.15, 0.2) is 0 Å². The predicted octanol–water partition coefficient (Wildman–Crippen LogP) is 4.16. The lowest BCUT2D eigenvalue weighted by molar-refractivity contribution is -0.143. The molecule has 3 aromatic rings. The van der Waals surface area contributed by atoms with Crippen molar-refractivity contribution in [3.8, 4) is 5.75 Å². The summed E-state index contributed by atoms with van der Waals surface area (Å²) in [6, 6.07) is 12.8. The van der Waals surface area contributed by atoms with Crippen molar-refractivity contribution < 1.29 is 18.7 Å². The molecule has 154 valence electrons. The summed E-state index contributed by atoms with van der Waals surface area (Å²) in [5.74, 6) is -1.30. The van der Waals surface area contributed by atoms with Gasteiger partial charge in [0.25, 0.3) is 0 Å². The molecule has 8 heteroatoms. The summed E-state index contributed by atoms with van der Waals surface area (Å²) < 4.78 is 19.4. The third kappa shape index (κ3) is 4.49. The number of amides is 2. The first-order chi connectivity index (χ1) is 14.6. The van der Waals surface area contributed by atoms with Crippen molar-refractivity contribution >= 4 is 28.8 Å². The van der Waals surface area contributed by atoms with Gasteiger partial charge < -0.3 is 15.0 Å². The van der Waals surface area contributed by atoms with Gasteiger partial charge in [-0.05, 0) is 42.7 Å². The van der Waals surface area contributed by atoms with Crippen LogP contribution in [-0.4, -0.2) is 28.2 Å². The zero-order valence-corrected chi connectivity index (χ0v) is 16.9. The summed E-state index contributed by atoms with van der Waals surface area (Å²) in [5.41, 5.74) is 3.61. The lowest BCUT2D eigenvalue weighted by Gasteiger charge is -2.24. The van der Waals surface area contributed by atoms with Crippen LogP contribution in [0.25, 0.3) is 0 Å². The Hall–Kier alpha value is -3.26. The highest BCUT2D eigenvalue weighted by Crippen LogP contribution is 2.32. The molecule has 1 unspecified atom stereocenters. The normalized spacial score (nSPS) is 15.8. The number of hydrogen-bond donors (Lipinski definition) is 1. The summed E-state index contributed by atoms with van der Waals surface area (Å²) >= 11 is 1.47. The van der Waals surface area contributed by atoms with Gasteiger partial charge in [0.2, 0.25) is 0 Å². The molecule has 0 bridgehead atoms. The summed E-state index contributed by atoms with van der Waals surface area (Å²) in [7, 11) is 0. The van der Waals surface area contributed by atoms with Gasteiger partial charge in [-0.2, -0.15) is 0 Å². The zero-order valence-electron chi connectivity index (χ0n) is 16.1. The Kier molecular flexibility index (Phi) is 6.04. The fourth-order valence-corrected chi connectivity index (χ4v) is 4.08. The van der Waals surface area contributed by atoms with Crippen molar-refractivity contribution in [3.05, 3.63) is 76.5 Å². The van der Waals surface area contributed by atoms with Crippen molar-refractivity contribution in [2.24, 2.45) is 0 Å². The number of anilines is 1. The van der Waals surface area contributed by atoms with Gasteiger partial charge in [-0.15, -0.1) is 11.3 Å². The molecular formula is C22H20FN3O3S. The van der Waals surface area contributed by atoms with Gasteiger partial charge in [-0.25, -0.2) is 9.37 Å². The van der Waals surface area contributed by atoms with E-state index in [1.807, 2.05) is 5.38 Å². The lowest BCUT2D eigenvalue weighted by Crippen LogP contribution is -2.39. The lowest BCUT2D eigenvalue weighted by atomic mass is 10.0. The number of carbonyl (C=O) groups is 2. The van der Waals surface area contributed by atoms with E-state index in [0.29, 0.717) is 30.0 Å². The first-order valence-electron chi connectivity index (χ1n) is 9.58. The number of aromatic nitrogens is 1. The predicted molar refractivity (Wildman–Crippen MR) is 112 cm³/mol. The van der Waals surface area contributed by atoms with Crippen molar-refractivity contribution in [2.75, 3.05) is 11.9 Å². The minimum absolute atomic E-state index is 0.262. The average Bonchev–Trinajstić information content (AvgIpc) is 3.44. The number of benzene rings is 2. The smallest absolute Gasteiger partial charge is 0.314 e. The van der Waals surface area contributed by atoms with Crippen molar-refractivity contribution in [1.29, 1.82) is 0 Å². The molecule has 1 aromatic heterocycles. The van der Waals surface area contributed by atoms with E-state index >= 15 is 0 Å². The monoisotopic (exact) mass is 425 g/mol. The second kappa shape index (κ2) is 9.04. The Bertz CT molecular complexity index is 1040. The highest BCUT2D eigenvalue weighted by atomic mass is 32.1. The zero-order chi connectivity index (χ0) is 20.9. The molecule has 1 aliphatic rings. The van der Waals surface area contributed by atoms with Crippen LogP contribution in [0.5, 0.6) is 5.75 Å². The molecule has 1 saturated heterocycles. The molecule has 2 heterocycles. The Morgan fingerprint density at radius 3 is 2.90 bits per heavy atom. The number of rotatable bonds is 5. The van der Waals surface area contributed by atoms with E-state index in [1.54, 1.807) is 41.9 Å². The van der Waals surface area contributed by atoms with Gasteiger partial charge in [-0.3, -0.25) is 9.59 Å². The van der Waals surface area contributed by atoms with Crippen LogP contribution in [0, 0.1) is 5.82 Å². The fourth-order valence-electron chi connectivity index (χ4n) is 3.53. The molecule has 1 aliphatic heterocycles. The topological polar surface area (TPSA) is 71.5 Å². The summed E-state index contributed by atoms with van der Waals surface area (Å²) in [4.78, 5) is 31.2. The number of likely N-dealkylation sites (tertiary alicyclic amines) is 1. The highest BCUT2D eigenvalue weighted by Gasteiger charge is 2.33. The van der Waals surface area contributed by atoms with Gasteiger partial charge in [0, 0.05) is 11.9 Å². The molecule has 0 saturated carbocycles. The second-order valence-corrected chi connectivity index (χ2v) is 7.65. The molecule has 1 fully saturated rings. The maximum Gasteiger partial charge on any atom is 0.314 e. The molecule has 30 heavy (non-hydrogen) atoms. The molecule has 6 nitrogen and oxygen atoms in total. The number of ether oxygens (including phenoxy) is 1. The molecule has 0 aliphatic carbocycles. The number of carbonyl (C=O) groups excluding carboxylic acids is 2. The number of hydrogen-bond acceptors (Lipinski definition) is 5.